The number of unbranched alkanes of at least 4 members (excludes halogenated alkanes) is 1. The molecule has 2 rings (SSSR count). The highest BCUT2D eigenvalue weighted by atomic mass is 16.7. The molecular formula is C17H20O5. The van der Waals surface area contributed by atoms with Crippen molar-refractivity contribution in [3.63, 3.8) is 0 Å². The molecule has 118 valence electrons. The lowest BCUT2D eigenvalue weighted by atomic mass is 10.1. The minimum Gasteiger partial charge on any atom is -0.493 e. The van der Waals surface area contributed by atoms with E-state index in [0.29, 0.717) is 17.9 Å². The van der Waals surface area contributed by atoms with Gasteiger partial charge in [0.2, 0.25) is 0 Å². The van der Waals surface area contributed by atoms with Gasteiger partial charge in [0.15, 0.2) is 0 Å². The van der Waals surface area contributed by atoms with Crippen LogP contribution in [-0.2, 0) is 19.1 Å². The van der Waals surface area contributed by atoms with Gasteiger partial charge in [0.05, 0.1) is 6.61 Å². The van der Waals surface area contributed by atoms with Gasteiger partial charge in [-0.15, -0.1) is 0 Å². The molecule has 0 radical (unpaired) electrons. The molecule has 0 unspecified atom stereocenters. The number of benzene rings is 1. The Morgan fingerprint density at radius 1 is 1.14 bits per heavy atom. The Labute approximate surface area is 129 Å². The zero-order valence-corrected chi connectivity index (χ0v) is 13.0. The number of hydrogen-bond acceptors (Lipinski definition) is 5. The maximum atomic E-state index is 12.0. The standard InChI is InChI=1S/C17H20O5/c1-4-5-10-20-14-9-7-6-8-12(14)11-13-15(18)21-17(2,3)22-16(13)19/h6-9,11H,4-5,10H2,1-3H3. The monoisotopic (exact) mass is 304 g/mol. The highest BCUT2D eigenvalue weighted by Gasteiger charge is 2.38. The Bertz CT molecular complexity index is 579. The Balaban J connectivity index is 2.25. The van der Waals surface area contributed by atoms with Gasteiger partial charge in [0.1, 0.15) is 11.3 Å². The summed E-state index contributed by atoms with van der Waals surface area (Å²) in [6.07, 6.45) is 3.40. The van der Waals surface area contributed by atoms with Crippen molar-refractivity contribution in [3.8, 4) is 5.75 Å². The van der Waals surface area contributed by atoms with E-state index in [1.54, 1.807) is 12.1 Å². The van der Waals surface area contributed by atoms with E-state index >= 15 is 0 Å². The van der Waals surface area contributed by atoms with Gasteiger partial charge in [-0.1, -0.05) is 31.5 Å². The molecule has 0 aliphatic carbocycles. The van der Waals surface area contributed by atoms with Crippen LogP contribution in [0.1, 0.15) is 39.2 Å². The minimum atomic E-state index is -1.23. The summed E-state index contributed by atoms with van der Waals surface area (Å²) in [7, 11) is 0. The fourth-order valence-corrected chi connectivity index (χ4v) is 1.99. The Hall–Kier alpha value is -2.30. The summed E-state index contributed by atoms with van der Waals surface area (Å²) in [6, 6.07) is 7.21. The summed E-state index contributed by atoms with van der Waals surface area (Å²) in [5.74, 6) is -1.99. The van der Waals surface area contributed by atoms with Crippen LogP contribution in [0, 0.1) is 0 Å². The van der Waals surface area contributed by atoms with Crippen LogP contribution in [0.15, 0.2) is 29.8 Å². The summed E-state index contributed by atoms with van der Waals surface area (Å²) in [4.78, 5) is 23.9. The van der Waals surface area contributed by atoms with Crippen molar-refractivity contribution in [2.24, 2.45) is 0 Å². The molecular weight excluding hydrogens is 284 g/mol. The van der Waals surface area contributed by atoms with Gasteiger partial charge < -0.3 is 14.2 Å². The molecule has 0 saturated carbocycles. The van der Waals surface area contributed by atoms with Crippen LogP contribution in [0.5, 0.6) is 5.75 Å². The third-order valence-electron chi connectivity index (χ3n) is 3.09. The number of cyclic esters (lactones) is 2. The van der Waals surface area contributed by atoms with E-state index in [1.165, 1.54) is 19.9 Å². The fourth-order valence-electron chi connectivity index (χ4n) is 1.99. The summed E-state index contributed by atoms with van der Waals surface area (Å²) in [5.41, 5.74) is 0.507. The molecule has 1 heterocycles. The second kappa shape index (κ2) is 6.64. The molecule has 5 heteroatoms. The first-order valence-electron chi connectivity index (χ1n) is 7.33. The largest absolute Gasteiger partial charge is 0.493 e. The lowest BCUT2D eigenvalue weighted by Gasteiger charge is -2.29. The summed E-state index contributed by atoms with van der Waals surface area (Å²) < 4.78 is 15.8. The van der Waals surface area contributed by atoms with Crippen LogP contribution in [0.4, 0.5) is 0 Å². The van der Waals surface area contributed by atoms with Gasteiger partial charge in [0.25, 0.3) is 5.79 Å². The van der Waals surface area contributed by atoms with E-state index in [2.05, 4.69) is 6.92 Å². The first-order chi connectivity index (χ1) is 10.4. The number of hydrogen-bond donors (Lipinski definition) is 0. The zero-order valence-electron chi connectivity index (χ0n) is 13.0. The summed E-state index contributed by atoms with van der Waals surface area (Å²) in [6.45, 7) is 5.69. The van der Waals surface area contributed by atoms with Crippen LogP contribution < -0.4 is 4.74 Å². The minimum absolute atomic E-state index is 0.133. The number of rotatable bonds is 5. The number of carbonyl (C=O) groups excluding carboxylic acids is 2. The molecule has 1 aliphatic rings. The lowest BCUT2D eigenvalue weighted by molar-refractivity contribution is -0.222. The second-order valence-electron chi connectivity index (χ2n) is 5.48. The molecule has 0 spiro atoms. The molecule has 0 atom stereocenters. The predicted molar refractivity (Wildman–Crippen MR) is 81.1 cm³/mol. The van der Waals surface area contributed by atoms with Gasteiger partial charge in [-0.05, 0) is 18.6 Å². The first-order valence-corrected chi connectivity index (χ1v) is 7.33. The van der Waals surface area contributed by atoms with Crippen LogP contribution in [0.2, 0.25) is 0 Å². The maximum absolute atomic E-state index is 12.0. The van der Waals surface area contributed by atoms with Crippen LogP contribution in [0.3, 0.4) is 0 Å². The molecule has 1 aliphatic heterocycles. The molecule has 0 N–H and O–H groups in total. The quantitative estimate of drug-likeness (QED) is 0.362. The van der Waals surface area contributed by atoms with Gasteiger partial charge >= 0.3 is 11.9 Å². The average Bonchev–Trinajstić information content (AvgIpc) is 2.43. The van der Waals surface area contributed by atoms with Crippen molar-refractivity contribution in [3.05, 3.63) is 35.4 Å². The molecule has 1 aromatic carbocycles. The molecule has 0 bridgehead atoms. The molecule has 22 heavy (non-hydrogen) atoms. The van der Waals surface area contributed by atoms with Gasteiger partial charge in [-0.25, -0.2) is 9.59 Å². The third kappa shape index (κ3) is 3.87. The second-order valence-corrected chi connectivity index (χ2v) is 5.48. The number of esters is 2. The zero-order chi connectivity index (χ0) is 16.2. The fraction of sp³-hybridized carbons (Fsp3) is 0.412. The van der Waals surface area contributed by atoms with E-state index in [9.17, 15) is 9.59 Å². The van der Waals surface area contributed by atoms with Crippen molar-refractivity contribution in [2.75, 3.05) is 6.61 Å². The van der Waals surface area contributed by atoms with E-state index < -0.39 is 17.7 Å². The van der Waals surface area contributed by atoms with Crippen molar-refractivity contribution in [1.29, 1.82) is 0 Å². The topological polar surface area (TPSA) is 61.8 Å². The molecule has 1 aromatic rings. The van der Waals surface area contributed by atoms with E-state index in [1.807, 2.05) is 12.1 Å². The normalized spacial score (nSPS) is 16.8. The Kier molecular flexibility index (Phi) is 4.85. The third-order valence-corrected chi connectivity index (χ3v) is 3.09. The maximum Gasteiger partial charge on any atom is 0.348 e. The molecule has 1 saturated heterocycles. The van der Waals surface area contributed by atoms with Crippen molar-refractivity contribution >= 4 is 18.0 Å². The summed E-state index contributed by atoms with van der Waals surface area (Å²) >= 11 is 0. The van der Waals surface area contributed by atoms with Crippen LogP contribution in [-0.4, -0.2) is 24.3 Å². The lowest BCUT2D eigenvalue weighted by Crippen LogP contribution is -2.41. The Morgan fingerprint density at radius 3 is 2.41 bits per heavy atom. The average molecular weight is 304 g/mol. The van der Waals surface area contributed by atoms with Crippen LogP contribution in [0.25, 0.3) is 6.08 Å². The van der Waals surface area contributed by atoms with Gasteiger partial charge in [0, 0.05) is 19.4 Å². The number of para-hydroxylation sites is 1. The number of ether oxygens (including phenoxy) is 3. The smallest absolute Gasteiger partial charge is 0.348 e. The molecule has 1 fully saturated rings. The van der Waals surface area contributed by atoms with Crippen molar-refractivity contribution in [2.45, 2.75) is 39.4 Å². The summed E-state index contributed by atoms with van der Waals surface area (Å²) in [5, 5.41) is 0. The van der Waals surface area contributed by atoms with E-state index in [4.69, 9.17) is 14.2 Å². The highest BCUT2D eigenvalue weighted by molar-refractivity contribution is 6.19. The predicted octanol–water partition coefficient (Wildman–Crippen LogP) is 3.09. The van der Waals surface area contributed by atoms with Crippen LogP contribution >= 0.6 is 0 Å². The highest BCUT2D eigenvalue weighted by Crippen LogP contribution is 2.27. The Morgan fingerprint density at radius 2 is 1.77 bits per heavy atom. The van der Waals surface area contributed by atoms with E-state index in [-0.39, 0.29) is 5.57 Å². The first kappa shape index (κ1) is 16.1. The molecule has 0 amide bonds. The van der Waals surface area contributed by atoms with Gasteiger partial charge in [-0.2, -0.15) is 0 Å². The number of carbonyl (C=O) groups is 2. The van der Waals surface area contributed by atoms with E-state index in [0.717, 1.165) is 12.8 Å². The molecule has 0 aromatic heterocycles. The van der Waals surface area contributed by atoms with Crippen molar-refractivity contribution in [1.82, 2.24) is 0 Å². The molecule has 5 nitrogen and oxygen atoms in total. The SMILES string of the molecule is CCCCOc1ccccc1C=C1C(=O)OC(C)(C)OC1=O. The van der Waals surface area contributed by atoms with Gasteiger partial charge in [-0.3, -0.25) is 0 Å². The van der Waals surface area contributed by atoms with Crippen molar-refractivity contribution < 1.29 is 23.8 Å².